The van der Waals surface area contributed by atoms with Crippen LogP contribution in [0.3, 0.4) is 0 Å². The molecule has 6 nitrogen and oxygen atoms in total. The van der Waals surface area contributed by atoms with Crippen LogP contribution in [0.4, 0.5) is 0 Å². The number of carbonyl (C=O) groups excluding carboxylic acids is 1. The molecule has 0 bridgehead atoms. The zero-order valence-electron chi connectivity index (χ0n) is 15.1. The van der Waals surface area contributed by atoms with Gasteiger partial charge in [0, 0.05) is 32.7 Å². The van der Waals surface area contributed by atoms with Gasteiger partial charge in [-0.2, -0.15) is 0 Å². The molecule has 0 aromatic rings. The number of hydrogen-bond donors (Lipinski definition) is 2. The third-order valence-corrected chi connectivity index (χ3v) is 5.68. The van der Waals surface area contributed by atoms with Gasteiger partial charge in [0.15, 0.2) is 0 Å². The molecule has 0 spiro atoms. The van der Waals surface area contributed by atoms with Crippen molar-refractivity contribution in [3.8, 4) is 0 Å². The predicted octanol–water partition coefficient (Wildman–Crippen LogP) is 0.447. The number of rotatable bonds is 4. The fourth-order valence-electron chi connectivity index (χ4n) is 4.40. The standard InChI is InChI=1S/C18H33N3O3/c1-13-11-20(12-14(2)24-13)6-3-15-4-7-21(8-5-15)18(23)17-9-16(22)10-19-17/h13-17,19,22H,3-12H2,1-2H3. The zero-order valence-corrected chi connectivity index (χ0v) is 15.1. The summed E-state index contributed by atoms with van der Waals surface area (Å²) < 4.78 is 5.80. The number of aliphatic hydroxyl groups excluding tert-OH is 1. The van der Waals surface area contributed by atoms with Gasteiger partial charge in [-0.15, -0.1) is 0 Å². The molecule has 2 N–H and O–H groups in total. The van der Waals surface area contributed by atoms with E-state index in [0.717, 1.165) is 51.5 Å². The highest BCUT2D eigenvalue weighted by molar-refractivity contribution is 5.82. The van der Waals surface area contributed by atoms with Crippen molar-refractivity contribution < 1.29 is 14.6 Å². The van der Waals surface area contributed by atoms with E-state index in [1.165, 1.54) is 6.42 Å². The first kappa shape index (κ1) is 18.1. The fraction of sp³-hybridized carbons (Fsp3) is 0.944. The van der Waals surface area contributed by atoms with Gasteiger partial charge in [0.2, 0.25) is 5.91 Å². The number of nitrogens with zero attached hydrogens (tertiary/aromatic N) is 2. The van der Waals surface area contributed by atoms with E-state index in [0.29, 0.717) is 25.2 Å². The Balaban J connectivity index is 1.37. The van der Waals surface area contributed by atoms with Crippen molar-refractivity contribution in [1.82, 2.24) is 15.1 Å². The Hall–Kier alpha value is -0.690. The third-order valence-electron chi connectivity index (χ3n) is 5.68. The summed E-state index contributed by atoms with van der Waals surface area (Å²) in [6.07, 6.45) is 4.31. The Morgan fingerprint density at radius 1 is 1.21 bits per heavy atom. The summed E-state index contributed by atoms with van der Waals surface area (Å²) in [4.78, 5) is 17.0. The van der Waals surface area contributed by atoms with Gasteiger partial charge in [-0.1, -0.05) is 0 Å². The number of piperidine rings is 1. The first-order valence-corrected chi connectivity index (χ1v) is 9.59. The van der Waals surface area contributed by atoms with Crippen LogP contribution in [0.15, 0.2) is 0 Å². The van der Waals surface area contributed by atoms with Crippen LogP contribution in [-0.2, 0) is 9.53 Å². The lowest BCUT2D eigenvalue weighted by molar-refractivity contribution is -0.134. The van der Waals surface area contributed by atoms with Crippen molar-refractivity contribution >= 4 is 5.91 Å². The highest BCUT2D eigenvalue weighted by Gasteiger charge is 2.33. The maximum atomic E-state index is 12.5. The van der Waals surface area contributed by atoms with Crippen molar-refractivity contribution in [2.45, 2.75) is 63.9 Å². The Labute approximate surface area is 145 Å². The molecule has 0 radical (unpaired) electrons. The number of likely N-dealkylation sites (tertiary alicyclic amines) is 1. The lowest BCUT2D eigenvalue weighted by Gasteiger charge is -2.37. The number of carbonyl (C=O) groups is 1. The van der Waals surface area contributed by atoms with Crippen LogP contribution in [-0.4, -0.2) is 84.4 Å². The van der Waals surface area contributed by atoms with E-state index in [1.54, 1.807) is 0 Å². The number of hydrogen-bond acceptors (Lipinski definition) is 5. The van der Waals surface area contributed by atoms with Gasteiger partial charge < -0.3 is 20.1 Å². The summed E-state index contributed by atoms with van der Waals surface area (Å²) >= 11 is 0. The Bertz CT molecular complexity index is 416. The molecule has 24 heavy (non-hydrogen) atoms. The molecule has 0 aliphatic carbocycles. The van der Waals surface area contributed by atoms with Crippen molar-refractivity contribution in [2.24, 2.45) is 5.92 Å². The minimum absolute atomic E-state index is 0.173. The third kappa shape index (κ3) is 4.69. The first-order valence-electron chi connectivity index (χ1n) is 9.59. The van der Waals surface area contributed by atoms with Gasteiger partial charge >= 0.3 is 0 Å². The van der Waals surface area contributed by atoms with Crippen molar-refractivity contribution in [1.29, 1.82) is 0 Å². The van der Waals surface area contributed by atoms with Gasteiger partial charge in [0.25, 0.3) is 0 Å². The summed E-state index contributed by atoms with van der Waals surface area (Å²) in [7, 11) is 0. The molecule has 4 atom stereocenters. The molecule has 1 amide bonds. The van der Waals surface area contributed by atoms with E-state index < -0.39 is 0 Å². The number of ether oxygens (including phenoxy) is 1. The highest BCUT2D eigenvalue weighted by Crippen LogP contribution is 2.23. The van der Waals surface area contributed by atoms with Crippen molar-refractivity contribution in [3.63, 3.8) is 0 Å². The van der Waals surface area contributed by atoms with Crippen molar-refractivity contribution in [2.75, 3.05) is 39.3 Å². The van der Waals surface area contributed by atoms with E-state index in [-0.39, 0.29) is 18.1 Å². The van der Waals surface area contributed by atoms with Gasteiger partial charge in [0.05, 0.1) is 24.4 Å². The van der Waals surface area contributed by atoms with Crippen LogP contribution in [0.25, 0.3) is 0 Å². The number of aliphatic hydroxyl groups is 1. The molecule has 3 heterocycles. The molecular formula is C18H33N3O3. The summed E-state index contributed by atoms with van der Waals surface area (Å²) in [6.45, 7) is 9.81. The van der Waals surface area contributed by atoms with E-state index in [1.807, 2.05) is 4.90 Å². The number of β-amino-alcohol motifs (C(OH)–C–C–N with tert-alkyl or cyclic N) is 1. The Morgan fingerprint density at radius 3 is 2.46 bits per heavy atom. The second kappa shape index (κ2) is 8.13. The van der Waals surface area contributed by atoms with Crippen LogP contribution >= 0.6 is 0 Å². The summed E-state index contributed by atoms with van der Waals surface area (Å²) in [6, 6.07) is -0.173. The lowest BCUT2D eigenvalue weighted by Crippen LogP contribution is -2.48. The molecule has 0 aromatic carbocycles. The average Bonchev–Trinajstić information content (AvgIpc) is 2.98. The highest BCUT2D eigenvalue weighted by atomic mass is 16.5. The largest absolute Gasteiger partial charge is 0.392 e. The van der Waals surface area contributed by atoms with Crippen molar-refractivity contribution in [3.05, 3.63) is 0 Å². The van der Waals surface area contributed by atoms with Gasteiger partial charge in [-0.25, -0.2) is 0 Å². The van der Waals surface area contributed by atoms with Crippen LogP contribution in [0.5, 0.6) is 0 Å². The van der Waals surface area contributed by atoms with E-state index >= 15 is 0 Å². The van der Waals surface area contributed by atoms with E-state index in [9.17, 15) is 9.90 Å². The molecule has 6 heteroatoms. The fourth-order valence-corrected chi connectivity index (χ4v) is 4.40. The summed E-state index contributed by atoms with van der Waals surface area (Å²) in [5.74, 6) is 0.908. The molecule has 138 valence electrons. The minimum Gasteiger partial charge on any atom is -0.392 e. The Morgan fingerprint density at radius 2 is 1.88 bits per heavy atom. The average molecular weight is 339 g/mol. The summed E-state index contributed by atoms with van der Waals surface area (Å²) in [5.41, 5.74) is 0. The van der Waals surface area contributed by atoms with Gasteiger partial charge in [0.1, 0.15) is 0 Å². The molecule has 3 rings (SSSR count). The molecule has 3 saturated heterocycles. The maximum absolute atomic E-state index is 12.5. The first-order chi connectivity index (χ1) is 11.5. The molecule has 0 saturated carbocycles. The lowest BCUT2D eigenvalue weighted by atomic mass is 9.92. The van der Waals surface area contributed by atoms with Gasteiger partial charge in [-0.3, -0.25) is 9.69 Å². The quantitative estimate of drug-likeness (QED) is 0.778. The van der Waals surface area contributed by atoms with Crippen LogP contribution in [0, 0.1) is 5.92 Å². The molecule has 3 aliphatic rings. The summed E-state index contributed by atoms with van der Waals surface area (Å²) in [5, 5.41) is 12.7. The number of morpholine rings is 1. The van der Waals surface area contributed by atoms with E-state index in [2.05, 4.69) is 24.1 Å². The second-order valence-electron chi connectivity index (χ2n) is 7.92. The molecule has 3 fully saturated rings. The topological polar surface area (TPSA) is 65.0 Å². The smallest absolute Gasteiger partial charge is 0.239 e. The monoisotopic (exact) mass is 339 g/mol. The zero-order chi connectivity index (χ0) is 17.1. The number of amides is 1. The van der Waals surface area contributed by atoms with Crippen LogP contribution < -0.4 is 5.32 Å². The molecular weight excluding hydrogens is 306 g/mol. The SMILES string of the molecule is CC1CN(CCC2CCN(C(=O)C3CC(O)CN3)CC2)CC(C)O1. The molecule has 4 unspecified atom stereocenters. The second-order valence-corrected chi connectivity index (χ2v) is 7.92. The normalized spacial score (nSPS) is 36.2. The van der Waals surface area contributed by atoms with E-state index in [4.69, 9.17) is 4.74 Å². The Kier molecular flexibility index (Phi) is 6.13. The maximum Gasteiger partial charge on any atom is 0.239 e. The molecule has 3 aliphatic heterocycles. The van der Waals surface area contributed by atoms with Gasteiger partial charge in [-0.05, 0) is 52.0 Å². The van der Waals surface area contributed by atoms with Crippen LogP contribution in [0.2, 0.25) is 0 Å². The minimum atomic E-state index is -0.366. The number of nitrogens with one attached hydrogen (secondary N) is 1. The van der Waals surface area contributed by atoms with Crippen LogP contribution in [0.1, 0.15) is 39.5 Å². The predicted molar refractivity (Wildman–Crippen MR) is 92.8 cm³/mol. The molecule has 0 aromatic heterocycles.